The topological polar surface area (TPSA) is 93.1 Å². The molecule has 0 saturated heterocycles. The quantitative estimate of drug-likeness (QED) is 0.552. The van der Waals surface area contributed by atoms with E-state index in [1.165, 1.54) is 6.07 Å². The van der Waals surface area contributed by atoms with E-state index >= 15 is 0 Å². The second-order valence-corrected chi connectivity index (χ2v) is 3.20. The zero-order valence-electron chi connectivity index (χ0n) is 9.63. The zero-order chi connectivity index (χ0) is 13.5. The minimum absolute atomic E-state index is 0. The number of carboxylic acids is 2. The van der Waals surface area contributed by atoms with Crippen molar-refractivity contribution in [3.05, 3.63) is 54.7 Å². The van der Waals surface area contributed by atoms with Crippen molar-refractivity contribution in [2.75, 3.05) is 0 Å². The smallest absolute Gasteiger partial charge is 0.545 e. The first-order valence-corrected chi connectivity index (χ1v) is 4.95. The van der Waals surface area contributed by atoms with E-state index in [0.29, 0.717) is 5.52 Å². The van der Waals surface area contributed by atoms with Crippen molar-refractivity contribution in [3.8, 4) is 0 Å². The van der Waals surface area contributed by atoms with Gasteiger partial charge in [-0.15, -0.1) is 0 Å². The molecule has 5 nitrogen and oxygen atoms in total. The van der Waals surface area contributed by atoms with E-state index in [0.717, 1.165) is 11.5 Å². The van der Waals surface area contributed by atoms with E-state index in [1.54, 1.807) is 12.1 Å². The van der Waals surface area contributed by atoms with Crippen LogP contribution in [0.3, 0.4) is 0 Å². The van der Waals surface area contributed by atoms with Gasteiger partial charge in [0, 0.05) is 5.39 Å². The number of aromatic nitrogens is 1. The van der Waals surface area contributed by atoms with Crippen LogP contribution in [0.2, 0.25) is 0 Å². The number of hydrogen-bond donors (Lipinski definition) is 0. The summed E-state index contributed by atoms with van der Waals surface area (Å²) in [6.45, 7) is 2.90. The Kier molecular flexibility index (Phi) is 7.11. The summed E-state index contributed by atoms with van der Waals surface area (Å²) in [4.78, 5) is 23.5. The molecule has 1 aromatic carbocycles. The molecule has 0 aliphatic heterocycles. The summed E-state index contributed by atoms with van der Waals surface area (Å²) in [6, 6.07) is 10.5. The number of fused-ring (bicyclic) bond motifs is 1. The third kappa shape index (κ3) is 5.33. The molecule has 1 aromatic heterocycles. The number of aliphatic carboxylic acids is 1. The average molecular weight is 307 g/mol. The molecule has 2 aromatic rings. The summed E-state index contributed by atoms with van der Waals surface area (Å²) >= 11 is 0. The third-order valence-electron chi connectivity index (χ3n) is 1.97. The van der Waals surface area contributed by atoms with Gasteiger partial charge in [-0.05, 0) is 18.2 Å². The van der Waals surface area contributed by atoms with Gasteiger partial charge >= 0.3 is 17.1 Å². The summed E-state index contributed by atoms with van der Waals surface area (Å²) in [5.41, 5.74) is 0.642. The van der Waals surface area contributed by atoms with Gasteiger partial charge in [-0.1, -0.05) is 30.8 Å². The van der Waals surface area contributed by atoms with Crippen LogP contribution in [0.4, 0.5) is 0 Å². The summed E-state index contributed by atoms with van der Waals surface area (Å²) in [5, 5.41) is 20.5. The molecule has 0 atom stereocenters. The number of hydrogen-bond acceptors (Lipinski definition) is 5. The van der Waals surface area contributed by atoms with Crippen LogP contribution in [-0.2, 0) is 21.9 Å². The largest absolute Gasteiger partial charge is 2.00 e. The molecule has 101 valence electrons. The Balaban J connectivity index is 0.000000471. The Morgan fingerprint density at radius 2 is 1.68 bits per heavy atom. The Morgan fingerprint density at radius 1 is 1.11 bits per heavy atom. The van der Waals surface area contributed by atoms with E-state index in [1.807, 2.05) is 18.2 Å². The fourth-order valence-corrected chi connectivity index (χ4v) is 1.18. The van der Waals surface area contributed by atoms with E-state index in [2.05, 4.69) is 11.6 Å². The van der Waals surface area contributed by atoms with Gasteiger partial charge in [-0.3, -0.25) is 0 Å². The maximum atomic E-state index is 10.5. The number of carboxylic acid groups (broad SMARTS) is 2. The second-order valence-electron chi connectivity index (χ2n) is 3.20. The molecule has 0 unspecified atom stereocenters. The predicted octanol–water partition coefficient (Wildman–Crippen LogP) is -0.482. The maximum absolute atomic E-state index is 10.5. The fraction of sp³-hybridized carbons (Fsp3) is 0. The number of rotatable bonds is 2. The molecule has 0 amide bonds. The molecule has 0 spiro atoms. The first-order chi connectivity index (χ1) is 8.54. The molecule has 1 radical (unpaired) electrons. The van der Waals surface area contributed by atoms with E-state index in [-0.39, 0.29) is 22.8 Å². The van der Waals surface area contributed by atoms with Gasteiger partial charge in [-0.25, -0.2) is 4.98 Å². The average Bonchev–Trinajstić information content (AvgIpc) is 2.38. The standard InChI is InChI=1S/C10H7NO2.C3H4O2.Cu/c12-10(13)9-6-5-7-3-1-2-4-8(7)11-9;1-2-3(4)5;/h1-6H,(H,12,13);2H,1H2,(H,4,5);/q;;+2/p-2. The Labute approximate surface area is 120 Å². The van der Waals surface area contributed by atoms with Crippen LogP contribution in [0.1, 0.15) is 10.5 Å². The number of pyridine rings is 1. The number of benzene rings is 1. The fourth-order valence-electron chi connectivity index (χ4n) is 1.18. The third-order valence-corrected chi connectivity index (χ3v) is 1.97. The molecule has 0 N–H and O–H groups in total. The van der Waals surface area contributed by atoms with Crippen LogP contribution in [0.25, 0.3) is 10.9 Å². The van der Waals surface area contributed by atoms with E-state index < -0.39 is 11.9 Å². The Bertz CT molecular complexity index is 598. The van der Waals surface area contributed by atoms with Crippen LogP contribution in [-0.4, -0.2) is 16.9 Å². The van der Waals surface area contributed by atoms with Gasteiger partial charge in [0.2, 0.25) is 0 Å². The predicted molar refractivity (Wildman–Crippen MR) is 61.3 cm³/mol. The normalized spacial score (nSPS) is 8.63. The van der Waals surface area contributed by atoms with Crippen molar-refractivity contribution in [1.29, 1.82) is 0 Å². The first-order valence-electron chi connectivity index (χ1n) is 4.95. The zero-order valence-corrected chi connectivity index (χ0v) is 10.6. The first kappa shape index (κ1) is 16.8. The number of nitrogens with zero attached hydrogens (tertiary/aromatic N) is 1. The van der Waals surface area contributed by atoms with Crippen LogP contribution >= 0.6 is 0 Å². The molecule has 0 saturated carbocycles. The van der Waals surface area contributed by atoms with E-state index in [9.17, 15) is 9.90 Å². The molecule has 19 heavy (non-hydrogen) atoms. The number of para-hydroxylation sites is 1. The van der Waals surface area contributed by atoms with Gasteiger partial charge in [0.1, 0.15) is 0 Å². The molecule has 0 aliphatic rings. The van der Waals surface area contributed by atoms with Crippen molar-refractivity contribution in [2.45, 2.75) is 0 Å². The van der Waals surface area contributed by atoms with Crippen molar-refractivity contribution < 1.29 is 36.9 Å². The van der Waals surface area contributed by atoms with E-state index in [4.69, 9.17) is 9.90 Å². The van der Waals surface area contributed by atoms with Gasteiger partial charge < -0.3 is 19.8 Å². The minimum atomic E-state index is -1.24. The number of carbonyl (C=O) groups is 2. The molecular weight excluding hydrogens is 298 g/mol. The second kappa shape index (κ2) is 8.02. The molecule has 6 heteroatoms. The van der Waals surface area contributed by atoms with Gasteiger partial charge in [-0.2, -0.15) is 0 Å². The van der Waals surface area contributed by atoms with Crippen LogP contribution in [0.15, 0.2) is 49.1 Å². The van der Waals surface area contributed by atoms with Crippen molar-refractivity contribution in [1.82, 2.24) is 4.98 Å². The van der Waals surface area contributed by atoms with Crippen molar-refractivity contribution >= 4 is 22.8 Å². The summed E-state index contributed by atoms with van der Waals surface area (Å²) in [7, 11) is 0. The SMILES string of the molecule is C=CC(=O)[O-].O=C([O-])c1ccc2ccccc2n1.[Cu+2]. The molecule has 0 bridgehead atoms. The van der Waals surface area contributed by atoms with Crippen molar-refractivity contribution in [3.63, 3.8) is 0 Å². The van der Waals surface area contributed by atoms with Crippen LogP contribution in [0, 0.1) is 0 Å². The van der Waals surface area contributed by atoms with Crippen LogP contribution < -0.4 is 10.2 Å². The van der Waals surface area contributed by atoms with Crippen molar-refractivity contribution in [2.24, 2.45) is 0 Å². The number of aromatic carboxylic acids is 1. The molecular formula is C13H9CuNO4. The molecule has 0 fully saturated rings. The molecule has 0 aliphatic carbocycles. The van der Waals surface area contributed by atoms with Gasteiger partial charge in [0.25, 0.3) is 0 Å². The summed E-state index contributed by atoms with van der Waals surface area (Å²) in [6.07, 6.45) is 0.722. The maximum Gasteiger partial charge on any atom is 2.00 e. The monoisotopic (exact) mass is 306 g/mol. The Hall–Kier alpha value is -2.17. The molecule has 1 heterocycles. The van der Waals surface area contributed by atoms with Gasteiger partial charge in [0.05, 0.1) is 23.1 Å². The van der Waals surface area contributed by atoms with Crippen LogP contribution in [0.5, 0.6) is 0 Å². The van der Waals surface area contributed by atoms with Gasteiger partial charge in [0.15, 0.2) is 0 Å². The number of carbonyl (C=O) groups excluding carboxylic acids is 2. The summed E-state index contributed by atoms with van der Waals surface area (Å²) < 4.78 is 0. The Morgan fingerprint density at radius 3 is 2.21 bits per heavy atom. The molecule has 2 rings (SSSR count). The minimum Gasteiger partial charge on any atom is -0.545 e. The summed E-state index contributed by atoms with van der Waals surface area (Å²) in [5.74, 6) is -2.48.